The molecule has 0 radical (unpaired) electrons. The summed E-state index contributed by atoms with van der Waals surface area (Å²) in [5.41, 5.74) is 6.67. The Hall–Kier alpha value is -1.44. The predicted octanol–water partition coefficient (Wildman–Crippen LogP) is 2.65. The molecule has 3 N–H and O–H groups in total. The van der Waals surface area contributed by atoms with E-state index in [1.807, 2.05) is 0 Å². The summed E-state index contributed by atoms with van der Waals surface area (Å²) in [6, 6.07) is 10.00. The molecule has 0 unspecified atom stereocenters. The zero-order valence-corrected chi connectivity index (χ0v) is 12.7. The minimum Gasteiger partial charge on any atom is -0.398 e. The van der Waals surface area contributed by atoms with Crippen LogP contribution in [0.1, 0.15) is 5.56 Å². The average Bonchev–Trinajstić information content (AvgIpc) is 2.41. The smallest absolute Gasteiger partial charge is 0.240 e. The third-order valence-corrected chi connectivity index (χ3v) is 4.78. The maximum atomic E-state index is 12.8. The molecule has 7 heteroatoms. The van der Waals surface area contributed by atoms with Gasteiger partial charge < -0.3 is 5.73 Å². The molecule has 2 rings (SSSR count). The molecule has 4 nitrogen and oxygen atoms in total. The normalized spacial score (nSPS) is 11.5. The van der Waals surface area contributed by atoms with E-state index in [9.17, 15) is 12.8 Å². The fourth-order valence-corrected chi connectivity index (χ4v) is 2.85. The highest BCUT2D eigenvalue weighted by molar-refractivity contribution is 9.10. The third kappa shape index (κ3) is 3.56. The molecule has 0 heterocycles. The first kappa shape index (κ1) is 15.0. The van der Waals surface area contributed by atoms with Gasteiger partial charge >= 0.3 is 0 Å². The second-order valence-electron chi connectivity index (χ2n) is 4.13. The number of hydrogen-bond acceptors (Lipinski definition) is 3. The van der Waals surface area contributed by atoms with Gasteiger partial charge in [-0.25, -0.2) is 17.5 Å². The first-order valence-corrected chi connectivity index (χ1v) is 7.95. The Morgan fingerprint density at radius 2 is 1.80 bits per heavy atom. The van der Waals surface area contributed by atoms with Gasteiger partial charge in [0.1, 0.15) is 5.82 Å². The largest absolute Gasteiger partial charge is 0.398 e. The second kappa shape index (κ2) is 5.90. The molecule has 0 bridgehead atoms. The zero-order valence-electron chi connectivity index (χ0n) is 10.3. The van der Waals surface area contributed by atoms with Gasteiger partial charge in [0.15, 0.2) is 0 Å². The SMILES string of the molecule is Nc1cc(S(=O)(=O)NCc2ccc(F)cc2)ccc1Br. The van der Waals surface area contributed by atoms with Crippen LogP contribution < -0.4 is 10.5 Å². The van der Waals surface area contributed by atoms with Gasteiger partial charge in [-0.2, -0.15) is 0 Å². The predicted molar refractivity (Wildman–Crippen MR) is 79.0 cm³/mol. The number of nitrogens with one attached hydrogen (secondary N) is 1. The number of rotatable bonds is 4. The van der Waals surface area contributed by atoms with Crippen LogP contribution in [0.5, 0.6) is 0 Å². The Kier molecular flexibility index (Phi) is 4.42. The summed E-state index contributed by atoms with van der Waals surface area (Å²) < 4.78 is 40.0. The van der Waals surface area contributed by atoms with Crippen LogP contribution in [0, 0.1) is 5.82 Å². The first-order valence-electron chi connectivity index (χ1n) is 5.67. The van der Waals surface area contributed by atoms with Gasteiger partial charge in [-0.15, -0.1) is 0 Å². The van der Waals surface area contributed by atoms with E-state index < -0.39 is 10.0 Å². The lowest BCUT2D eigenvalue weighted by Gasteiger charge is -2.08. The van der Waals surface area contributed by atoms with Crippen LogP contribution in [-0.4, -0.2) is 8.42 Å². The van der Waals surface area contributed by atoms with E-state index >= 15 is 0 Å². The summed E-state index contributed by atoms with van der Waals surface area (Å²) >= 11 is 3.20. The third-order valence-electron chi connectivity index (χ3n) is 2.66. The monoisotopic (exact) mass is 358 g/mol. The summed E-state index contributed by atoms with van der Waals surface area (Å²) in [5.74, 6) is -0.364. The number of sulfonamides is 1. The molecule has 0 amide bonds. The van der Waals surface area contributed by atoms with E-state index in [-0.39, 0.29) is 17.3 Å². The molecule has 2 aromatic rings. The van der Waals surface area contributed by atoms with Crippen molar-refractivity contribution in [3.63, 3.8) is 0 Å². The molecule has 0 aliphatic rings. The zero-order chi connectivity index (χ0) is 14.8. The van der Waals surface area contributed by atoms with Crippen LogP contribution in [0.4, 0.5) is 10.1 Å². The molecular formula is C13H12BrFN2O2S. The standard InChI is InChI=1S/C13H12BrFN2O2S/c14-12-6-5-11(7-13(12)16)20(18,19)17-8-9-1-3-10(15)4-2-9/h1-7,17H,8,16H2. The number of nitrogen functional groups attached to an aromatic ring is 1. The Bertz CT molecular complexity index is 718. The van der Waals surface area contributed by atoms with Gasteiger partial charge in [0, 0.05) is 16.7 Å². The molecule has 0 saturated carbocycles. The van der Waals surface area contributed by atoms with E-state index in [4.69, 9.17) is 5.73 Å². The van der Waals surface area contributed by atoms with Crippen molar-refractivity contribution in [2.24, 2.45) is 0 Å². The van der Waals surface area contributed by atoms with Crippen molar-refractivity contribution >= 4 is 31.6 Å². The Morgan fingerprint density at radius 1 is 1.15 bits per heavy atom. The van der Waals surface area contributed by atoms with Crippen LogP contribution in [0.25, 0.3) is 0 Å². The van der Waals surface area contributed by atoms with Crippen molar-refractivity contribution in [2.75, 3.05) is 5.73 Å². The molecular weight excluding hydrogens is 347 g/mol. The minimum atomic E-state index is -3.65. The van der Waals surface area contributed by atoms with Crippen molar-refractivity contribution in [3.8, 4) is 0 Å². The van der Waals surface area contributed by atoms with Crippen molar-refractivity contribution < 1.29 is 12.8 Å². The molecule has 0 fully saturated rings. The highest BCUT2D eigenvalue weighted by atomic mass is 79.9. The molecule has 106 valence electrons. The molecule has 0 aromatic heterocycles. The second-order valence-corrected chi connectivity index (χ2v) is 6.76. The van der Waals surface area contributed by atoms with Crippen LogP contribution in [0.3, 0.4) is 0 Å². The maximum Gasteiger partial charge on any atom is 0.240 e. The Balaban J connectivity index is 2.14. The fraction of sp³-hybridized carbons (Fsp3) is 0.0769. The van der Waals surface area contributed by atoms with Gasteiger partial charge in [0.25, 0.3) is 0 Å². The Labute approximate surface area is 125 Å². The Morgan fingerprint density at radius 3 is 2.40 bits per heavy atom. The lowest BCUT2D eigenvalue weighted by Crippen LogP contribution is -2.23. The first-order chi connectivity index (χ1) is 9.38. The lowest BCUT2D eigenvalue weighted by molar-refractivity contribution is 0.581. The van der Waals surface area contributed by atoms with Crippen LogP contribution in [-0.2, 0) is 16.6 Å². The van der Waals surface area contributed by atoms with E-state index in [0.29, 0.717) is 15.7 Å². The van der Waals surface area contributed by atoms with Crippen molar-refractivity contribution in [1.29, 1.82) is 0 Å². The minimum absolute atomic E-state index is 0.0819. The molecule has 0 aliphatic heterocycles. The van der Waals surface area contributed by atoms with Gasteiger partial charge in [-0.1, -0.05) is 12.1 Å². The van der Waals surface area contributed by atoms with Gasteiger partial charge in [0.05, 0.1) is 4.90 Å². The topological polar surface area (TPSA) is 72.2 Å². The molecule has 20 heavy (non-hydrogen) atoms. The number of halogens is 2. The summed E-state index contributed by atoms with van der Waals surface area (Å²) in [4.78, 5) is 0.0836. The van der Waals surface area contributed by atoms with Gasteiger partial charge in [0.2, 0.25) is 10.0 Å². The molecule has 0 atom stereocenters. The molecule has 0 spiro atoms. The van der Waals surface area contributed by atoms with E-state index in [0.717, 1.165) is 0 Å². The van der Waals surface area contributed by atoms with Crippen molar-refractivity contribution in [1.82, 2.24) is 4.72 Å². The molecule has 2 aromatic carbocycles. The maximum absolute atomic E-state index is 12.8. The summed E-state index contributed by atoms with van der Waals surface area (Å²) in [5, 5.41) is 0. The fourth-order valence-electron chi connectivity index (χ4n) is 1.55. The number of anilines is 1. The quantitative estimate of drug-likeness (QED) is 0.825. The van der Waals surface area contributed by atoms with Crippen LogP contribution >= 0.6 is 15.9 Å². The van der Waals surface area contributed by atoms with Crippen LogP contribution in [0.15, 0.2) is 51.8 Å². The highest BCUT2D eigenvalue weighted by Gasteiger charge is 2.14. The van der Waals surface area contributed by atoms with Gasteiger partial charge in [-0.05, 0) is 51.8 Å². The van der Waals surface area contributed by atoms with E-state index in [1.165, 1.54) is 36.4 Å². The molecule has 0 aliphatic carbocycles. The highest BCUT2D eigenvalue weighted by Crippen LogP contribution is 2.22. The number of nitrogens with two attached hydrogens (primary N) is 1. The summed E-state index contributed by atoms with van der Waals surface area (Å²) in [7, 11) is -3.65. The number of hydrogen-bond donors (Lipinski definition) is 2. The summed E-state index contributed by atoms with van der Waals surface area (Å²) in [6.07, 6.45) is 0. The van der Waals surface area contributed by atoms with E-state index in [2.05, 4.69) is 20.7 Å². The number of benzene rings is 2. The van der Waals surface area contributed by atoms with Crippen molar-refractivity contribution in [3.05, 3.63) is 58.3 Å². The average molecular weight is 359 g/mol. The molecule has 0 saturated heterocycles. The lowest BCUT2D eigenvalue weighted by atomic mass is 10.2. The summed E-state index contributed by atoms with van der Waals surface area (Å²) in [6.45, 7) is 0.0819. The van der Waals surface area contributed by atoms with Gasteiger partial charge in [-0.3, -0.25) is 0 Å². The van der Waals surface area contributed by atoms with Crippen molar-refractivity contribution in [2.45, 2.75) is 11.4 Å². The van der Waals surface area contributed by atoms with Crippen LogP contribution in [0.2, 0.25) is 0 Å². The van der Waals surface area contributed by atoms with E-state index in [1.54, 1.807) is 6.07 Å².